The molecule has 0 heterocycles. The molecular formula is C15H21N3O2. The van der Waals surface area contributed by atoms with Crippen molar-refractivity contribution in [3.8, 4) is 0 Å². The smallest absolute Gasteiger partial charge is 0.251 e. The summed E-state index contributed by atoms with van der Waals surface area (Å²) in [5.41, 5.74) is 6.99. The van der Waals surface area contributed by atoms with Crippen LogP contribution in [0.2, 0.25) is 0 Å². The van der Waals surface area contributed by atoms with E-state index in [9.17, 15) is 9.59 Å². The minimum absolute atomic E-state index is 0.0126. The molecule has 0 saturated heterocycles. The fourth-order valence-electron chi connectivity index (χ4n) is 2.75. The van der Waals surface area contributed by atoms with Crippen molar-refractivity contribution in [2.24, 2.45) is 17.6 Å². The second-order valence-electron chi connectivity index (χ2n) is 5.18. The van der Waals surface area contributed by atoms with Crippen LogP contribution in [-0.4, -0.2) is 25.4 Å². The van der Waals surface area contributed by atoms with Crippen molar-refractivity contribution in [2.75, 3.05) is 18.9 Å². The van der Waals surface area contributed by atoms with Gasteiger partial charge in [-0.1, -0.05) is 6.42 Å². The van der Waals surface area contributed by atoms with E-state index in [-0.39, 0.29) is 17.7 Å². The number of benzene rings is 1. The standard InChI is InChI=1S/C15H21N3O2/c1-17-14(19)10-5-7-12(8-6-10)18-15(20)13-4-2-3-11(13)9-16/h5-8,11,13H,2-4,9,16H2,1H3,(H,17,19)(H,18,20). The van der Waals surface area contributed by atoms with Crippen molar-refractivity contribution >= 4 is 17.5 Å². The Labute approximate surface area is 118 Å². The Morgan fingerprint density at radius 2 is 1.95 bits per heavy atom. The normalized spacial score (nSPS) is 21.5. The van der Waals surface area contributed by atoms with Crippen LogP contribution in [0.1, 0.15) is 29.6 Å². The van der Waals surface area contributed by atoms with Crippen LogP contribution in [0.3, 0.4) is 0 Å². The molecule has 2 rings (SSSR count). The maximum absolute atomic E-state index is 12.2. The Morgan fingerprint density at radius 3 is 2.55 bits per heavy atom. The van der Waals surface area contributed by atoms with E-state index in [1.165, 1.54) is 0 Å². The molecule has 0 bridgehead atoms. The summed E-state index contributed by atoms with van der Waals surface area (Å²) in [4.78, 5) is 23.6. The topological polar surface area (TPSA) is 84.2 Å². The largest absolute Gasteiger partial charge is 0.355 e. The first-order chi connectivity index (χ1) is 9.65. The number of rotatable bonds is 4. The van der Waals surface area contributed by atoms with Gasteiger partial charge < -0.3 is 16.4 Å². The first-order valence-corrected chi connectivity index (χ1v) is 6.98. The van der Waals surface area contributed by atoms with Crippen LogP contribution < -0.4 is 16.4 Å². The van der Waals surface area contributed by atoms with Gasteiger partial charge in [-0.15, -0.1) is 0 Å². The van der Waals surface area contributed by atoms with Crippen LogP contribution in [0.5, 0.6) is 0 Å². The maximum atomic E-state index is 12.2. The molecule has 4 N–H and O–H groups in total. The van der Waals surface area contributed by atoms with Crippen LogP contribution >= 0.6 is 0 Å². The molecular weight excluding hydrogens is 254 g/mol. The second kappa shape index (κ2) is 6.52. The Hall–Kier alpha value is -1.88. The molecule has 0 aliphatic heterocycles. The molecule has 0 spiro atoms. The highest BCUT2D eigenvalue weighted by Crippen LogP contribution is 2.31. The first kappa shape index (κ1) is 14.5. The average Bonchev–Trinajstić information content (AvgIpc) is 2.95. The molecule has 1 saturated carbocycles. The number of carbonyl (C=O) groups is 2. The molecule has 1 fully saturated rings. The molecule has 1 aromatic rings. The van der Waals surface area contributed by atoms with Gasteiger partial charge in [-0.05, 0) is 49.6 Å². The van der Waals surface area contributed by atoms with Crippen LogP contribution in [0.25, 0.3) is 0 Å². The summed E-state index contributed by atoms with van der Waals surface area (Å²) in [7, 11) is 1.59. The van der Waals surface area contributed by atoms with Gasteiger partial charge in [0.25, 0.3) is 5.91 Å². The lowest BCUT2D eigenvalue weighted by atomic mass is 9.95. The molecule has 5 heteroatoms. The highest BCUT2D eigenvalue weighted by atomic mass is 16.2. The molecule has 0 aromatic heterocycles. The fourth-order valence-corrected chi connectivity index (χ4v) is 2.75. The van der Waals surface area contributed by atoms with Gasteiger partial charge in [-0.3, -0.25) is 9.59 Å². The van der Waals surface area contributed by atoms with E-state index in [1.54, 1.807) is 31.3 Å². The summed E-state index contributed by atoms with van der Waals surface area (Å²) >= 11 is 0. The van der Waals surface area contributed by atoms with Gasteiger partial charge in [0, 0.05) is 24.2 Å². The first-order valence-electron chi connectivity index (χ1n) is 6.98. The second-order valence-corrected chi connectivity index (χ2v) is 5.18. The molecule has 1 aliphatic carbocycles. The summed E-state index contributed by atoms with van der Waals surface area (Å²) in [6.45, 7) is 0.563. The van der Waals surface area contributed by atoms with Gasteiger partial charge in [0.05, 0.1) is 0 Å². The van der Waals surface area contributed by atoms with Crippen molar-refractivity contribution in [1.29, 1.82) is 0 Å². The van der Waals surface area contributed by atoms with E-state index in [4.69, 9.17) is 5.73 Å². The molecule has 20 heavy (non-hydrogen) atoms. The number of carbonyl (C=O) groups excluding carboxylic acids is 2. The SMILES string of the molecule is CNC(=O)c1ccc(NC(=O)C2CCCC2CN)cc1. The predicted octanol–water partition coefficient (Wildman–Crippen LogP) is 1.36. The predicted molar refractivity (Wildman–Crippen MR) is 78.3 cm³/mol. The summed E-state index contributed by atoms with van der Waals surface area (Å²) in [6.07, 6.45) is 3.00. The molecule has 0 radical (unpaired) electrons. The molecule has 2 atom stereocenters. The van der Waals surface area contributed by atoms with Crippen molar-refractivity contribution in [1.82, 2.24) is 5.32 Å². The minimum Gasteiger partial charge on any atom is -0.355 e. The molecule has 1 aromatic carbocycles. The van der Waals surface area contributed by atoms with Gasteiger partial charge in [-0.25, -0.2) is 0 Å². The van der Waals surface area contributed by atoms with Crippen LogP contribution in [0.4, 0.5) is 5.69 Å². The third-order valence-corrected chi connectivity index (χ3v) is 3.94. The summed E-state index contributed by atoms with van der Waals surface area (Å²) in [5, 5.41) is 5.47. The average molecular weight is 275 g/mol. The van der Waals surface area contributed by atoms with E-state index >= 15 is 0 Å². The summed E-state index contributed by atoms with van der Waals surface area (Å²) in [5.74, 6) is 0.200. The van der Waals surface area contributed by atoms with Gasteiger partial charge in [-0.2, -0.15) is 0 Å². The van der Waals surface area contributed by atoms with Gasteiger partial charge >= 0.3 is 0 Å². The molecule has 2 amide bonds. The maximum Gasteiger partial charge on any atom is 0.251 e. The van der Waals surface area contributed by atoms with Crippen molar-refractivity contribution < 1.29 is 9.59 Å². The third kappa shape index (κ3) is 3.17. The van der Waals surface area contributed by atoms with Crippen molar-refractivity contribution in [3.05, 3.63) is 29.8 Å². The number of anilines is 1. The number of nitrogens with two attached hydrogens (primary N) is 1. The number of hydrogen-bond donors (Lipinski definition) is 3. The fraction of sp³-hybridized carbons (Fsp3) is 0.467. The third-order valence-electron chi connectivity index (χ3n) is 3.94. The summed E-state index contributed by atoms with van der Waals surface area (Å²) in [6, 6.07) is 6.89. The van der Waals surface area contributed by atoms with E-state index in [1.807, 2.05) is 0 Å². The lowest BCUT2D eigenvalue weighted by Gasteiger charge is -2.17. The Balaban J connectivity index is 1.99. The van der Waals surface area contributed by atoms with Crippen LogP contribution in [-0.2, 0) is 4.79 Å². The van der Waals surface area contributed by atoms with E-state index in [0.29, 0.717) is 23.7 Å². The summed E-state index contributed by atoms with van der Waals surface area (Å²) < 4.78 is 0. The van der Waals surface area contributed by atoms with Gasteiger partial charge in [0.15, 0.2) is 0 Å². The van der Waals surface area contributed by atoms with Crippen LogP contribution in [0.15, 0.2) is 24.3 Å². The van der Waals surface area contributed by atoms with E-state index < -0.39 is 0 Å². The zero-order valence-electron chi connectivity index (χ0n) is 11.7. The van der Waals surface area contributed by atoms with E-state index in [0.717, 1.165) is 19.3 Å². The van der Waals surface area contributed by atoms with Gasteiger partial charge in [0.1, 0.15) is 0 Å². The Kier molecular flexibility index (Phi) is 4.74. The quantitative estimate of drug-likeness (QED) is 0.775. The number of amides is 2. The Bertz CT molecular complexity index is 484. The molecule has 108 valence electrons. The van der Waals surface area contributed by atoms with Crippen molar-refractivity contribution in [3.63, 3.8) is 0 Å². The minimum atomic E-state index is -0.137. The number of hydrogen-bond acceptors (Lipinski definition) is 3. The zero-order chi connectivity index (χ0) is 14.5. The molecule has 5 nitrogen and oxygen atoms in total. The molecule has 1 aliphatic rings. The van der Waals surface area contributed by atoms with Crippen molar-refractivity contribution in [2.45, 2.75) is 19.3 Å². The lowest BCUT2D eigenvalue weighted by molar-refractivity contribution is -0.120. The lowest BCUT2D eigenvalue weighted by Crippen LogP contribution is -2.29. The number of nitrogens with one attached hydrogen (secondary N) is 2. The van der Waals surface area contributed by atoms with Gasteiger partial charge in [0.2, 0.25) is 5.91 Å². The molecule has 2 unspecified atom stereocenters. The van der Waals surface area contributed by atoms with E-state index in [2.05, 4.69) is 10.6 Å². The Morgan fingerprint density at radius 1 is 1.25 bits per heavy atom. The highest BCUT2D eigenvalue weighted by Gasteiger charge is 2.31. The monoisotopic (exact) mass is 275 g/mol. The zero-order valence-corrected chi connectivity index (χ0v) is 11.7. The van der Waals surface area contributed by atoms with Crippen LogP contribution in [0, 0.1) is 11.8 Å². The highest BCUT2D eigenvalue weighted by molar-refractivity contribution is 5.96.